The molecule has 1 amide bonds. The lowest BCUT2D eigenvalue weighted by Crippen LogP contribution is -2.28. The van der Waals surface area contributed by atoms with Crippen LogP contribution in [-0.2, 0) is 11.3 Å². The molecule has 26 heavy (non-hydrogen) atoms. The number of amides is 1. The molecule has 0 heterocycles. The molecule has 4 nitrogen and oxygen atoms in total. The maximum absolute atomic E-state index is 12.2. The first-order valence-corrected chi connectivity index (χ1v) is 8.51. The molecule has 2 rings (SSSR count). The molecular weight excluding hydrogens is 340 g/mol. The maximum Gasteiger partial charge on any atom is 0.387 e. The number of halogens is 2. The van der Waals surface area contributed by atoms with Gasteiger partial charge in [-0.3, -0.25) is 4.79 Å². The zero-order valence-electron chi connectivity index (χ0n) is 14.9. The number of para-hydroxylation sites is 1. The van der Waals surface area contributed by atoms with Crippen LogP contribution in [-0.4, -0.2) is 19.1 Å². The van der Waals surface area contributed by atoms with E-state index in [4.69, 9.17) is 4.74 Å². The van der Waals surface area contributed by atoms with Crippen LogP contribution in [0.3, 0.4) is 0 Å². The van der Waals surface area contributed by atoms with Crippen molar-refractivity contribution in [2.45, 2.75) is 39.3 Å². The van der Waals surface area contributed by atoms with Crippen molar-refractivity contribution < 1.29 is 23.0 Å². The van der Waals surface area contributed by atoms with Crippen LogP contribution in [0.1, 0.15) is 37.3 Å². The SMILES string of the molecule is CCC(C)c1ccccc1OCC(=O)NCc1cccc(OC(F)F)c1. The summed E-state index contributed by atoms with van der Waals surface area (Å²) >= 11 is 0. The van der Waals surface area contributed by atoms with Crippen molar-refractivity contribution in [1.82, 2.24) is 5.32 Å². The Hall–Kier alpha value is -2.63. The monoisotopic (exact) mass is 363 g/mol. The fraction of sp³-hybridized carbons (Fsp3) is 0.350. The number of hydrogen-bond acceptors (Lipinski definition) is 3. The van der Waals surface area contributed by atoms with Crippen molar-refractivity contribution in [1.29, 1.82) is 0 Å². The van der Waals surface area contributed by atoms with Gasteiger partial charge in [0.2, 0.25) is 0 Å². The highest BCUT2D eigenvalue weighted by molar-refractivity contribution is 5.77. The van der Waals surface area contributed by atoms with Gasteiger partial charge in [0, 0.05) is 6.54 Å². The summed E-state index contributed by atoms with van der Waals surface area (Å²) in [4.78, 5) is 12.0. The van der Waals surface area contributed by atoms with Crippen LogP contribution in [0.4, 0.5) is 8.78 Å². The topological polar surface area (TPSA) is 47.6 Å². The van der Waals surface area contributed by atoms with Crippen molar-refractivity contribution in [2.75, 3.05) is 6.61 Å². The number of benzene rings is 2. The molecule has 2 aromatic rings. The van der Waals surface area contributed by atoms with Crippen molar-refractivity contribution in [2.24, 2.45) is 0 Å². The van der Waals surface area contributed by atoms with Crippen molar-refractivity contribution >= 4 is 5.91 Å². The molecule has 1 unspecified atom stereocenters. The van der Waals surface area contributed by atoms with Crippen LogP contribution in [0.5, 0.6) is 11.5 Å². The minimum Gasteiger partial charge on any atom is -0.483 e. The molecule has 0 saturated carbocycles. The van der Waals surface area contributed by atoms with Gasteiger partial charge in [-0.1, -0.05) is 44.2 Å². The average molecular weight is 363 g/mol. The molecule has 6 heteroatoms. The second-order valence-electron chi connectivity index (χ2n) is 5.94. The number of carbonyl (C=O) groups is 1. The molecule has 0 aliphatic carbocycles. The summed E-state index contributed by atoms with van der Waals surface area (Å²) in [6.07, 6.45) is 0.976. The van der Waals surface area contributed by atoms with E-state index in [9.17, 15) is 13.6 Å². The molecule has 0 aromatic heterocycles. The lowest BCUT2D eigenvalue weighted by molar-refractivity contribution is -0.123. The first kappa shape index (κ1) is 19.7. The summed E-state index contributed by atoms with van der Waals surface area (Å²) in [5, 5.41) is 2.71. The molecule has 2 aromatic carbocycles. The van der Waals surface area contributed by atoms with Gasteiger partial charge in [-0.25, -0.2) is 0 Å². The molecule has 1 atom stereocenters. The molecule has 0 radical (unpaired) electrons. The second kappa shape index (κ2) is 9.75. The van der Waals surface area contributed by atoms with E-state index < -0.39 is 6.61 Å². The number of carbonyl (C=O) groups excluding carboxylic acids is 1. The molecule has 0 aliphatic heterocycles. The molecule has 0 spiro atoms. The summed E-state index contributed by atoms with van der Waals surface area (Å²) in [7, 11) is 0. The van der Waals surface area contributed by atoms with Crippen LogP contribution in [0.15, 0.2) is 48.5 Å². The molecule has 0 fully saturated rings. The van der Waals surface area contributed by atoms with Gasteiger partial charge < -0.3 is 14.8 Å². The lowest BCUT2D eigenvalue weighted by Gasteiger charge is -2.15. The minimum absolute atomic E-state index is 0.0606. The van der Waals surface area contributed by atoms with Gasteiger partial charge in [-0.15, -0.1) is 0 Å². The lowest BCUT2D eigenvalue weighted by atomic mass is 9.98. The second-order valence-corrected chi connectivity index (χ2v) is 5.94. The van der Waals surface area contributed by atoms with Crippen LogP contribution in [0, 0.1) is 0 Å². The Morgan fingerprint density at radius 2 is 1.92 bits per heavy atom. The number of alkyl halides is 2. The van der Waals surface area contributed by atoms with Crippen molar-refractivity contribution in [3.8, 4) is 11.5 Å². The third kappa shape index (κ3) is 6.02. The summed E-state index contributed by atoms with van der Waals surface area (Å²) < 4.78 is 34.5. The molecule has 0 aliphatic rings. The van der Waals surface area contributed by atoms with E-state index in [-0.39, 0.29) is 24.8 Å². The maximum atomic E-state index is 12.2. The molecule has 0 saturated heterocycles. The Kier molecular flexibility index (Phi) is 7.38. The Bertz CT molecular complexity index is 722. The van der Waals surface area contributed by atoms with Crippen LogP contribution < -0.4 is 14.8 Å². The predicted molar refractivity (Wildman–Crippen MR) is 95.6 cm³/mol. The van der Waals surface area contributed by atoms with Gasteiger partial charge in [0.05, 0.1) is 0 Å². The van der Waals surface area contributed by atoms with Gasteiger partial charge in [0.15, 0.2) is 6.61 Å². The summed E-state index contributed by atoms with van der Waals surface area (Å²) in [5.74, 6) is 0.811. The largest absolute Gasteiger partial charge is 0.483 e. The fourth-order valence-electron chi connectivity index (χ4n) is 2.47. The van der Waals surface area contributed by atoms with Crippen LogP contribution in [0.25, 0.3) is 0 Å². The molecular formula is C20H23F2NO3. The number of hydrogen-bond donors (Lipinski definition) is 1. The van der Waals surface area contributed by atoms with E-state index in [1.165, 1.54) is 12.1 Å². The first-order valence-electron chi connectivity index (χ1n) is 8.51. The number of nitrogens with one attached hydrogen (secondary N) is 1. The number of ether oxygens (including phenoxy) is 2. The zero-order valence-corrected chi connectivity index (χ0v) is 14.9. The molecule has 0 bridgehead atoms. The normalized spacial score (nSPS) is 11.9. The summed E-state index contributed by atoms with van der Waals surface area (Å²) in [6, 6.07) is 13.9. The van der Waals surface area contributed by atoms with Gasteiger partial charge in [0.1, 0.15) is 11.5 Å². The van der Waals surface area contributed by atoms with E-state index in [1.54, 1.807) is 12.1 Å². The Balaban J connectivity index is 1.87. The quantitative estimate of drug-likeness (QED) is 0.714. The van der Waals surface area contributed by atoms with E-state index in [0.717, 1.165) is 12.0 Å². The van der Waals surface area contributed by atoms with Crippen LogP contribution >= 0.6 is 0 Å². The number of rotatable bonds is 9. The zero-order chi connectivity index (χ0) is 18.9. The Labute approximate surface area is 152 Å². The third-order valence-corrected chi connectivity index (χ3v) is 4.03. The first-order chi connectivity index (χ1) is 12.5. The van der Waals surface area contributed by atoms with Gasteiger partial charge in [0.25, 0.3) is 5.91 Å². The molecule has 140 valence electrons. The standard InChI is InChI=1S/C20H23F2NO3/c1-3-14(2)17-9-4-5-10-18(17)25-13-19(24)23-12-15-7-6-8-16(11-15)26-20(21)22/h4-11,14,20H,3,12-13H2,1-2H3,(H,23,24). The van der Waals surface area contributed by atoms with E-state index in [1.807, 2.05) is 24.3 Å². The smallest absolute Gasteiger partial charge is 0.387 e. The fourth-order valence-corrected chi connectivity index (χ4v) is 2.47. The Morgan fingerprint density at radius 1 is 1.15 bits per heavy atom. The minimum atomic E-state index is -2.88. The van der Waals surface area contributed by atoms with Crippen molar-refractivity contribution in [3.05, 3.63) is 59.7 Å². The van der Waals surface area contributed by atoms with Crippen LogP contribution in [0.2, 0.25) is 0 Å². The summed E-state index contributed by atoms with van der Waals surface area (Å²) in [6.45, 7) is 1.42. The van der Waals surface area contributed by atoms with E-state index >= 15 is 0 Å². The molecule has 1 N–H and O–H groups in total. The average Bonchev–Trinajstić information content (AvgIpc) is 2.64. The van der Waals surface area contributed by atoms with Gasteiger partial charge >= 0.3 is 6.61 Å². The van der Waals surface area contributed by atoms with E-state index in [0.29, 0.717) is 17.2 Å². The van der Waals surface area contributed by atoms with Crippen molar-refractivity contribution in [3.63, 3.8) is 0 Å². The van der Waals surface area contributed by atoms with Gasteiger partial charge in [-0.05, 0) is 41.7 Å². The van der Waals surface area contributed by atoms with Gasteiger partial charge in [-0.2, -0.15) is 8.78 Å². The summed E-state index contributed by atoms with van der Waals surface area (Å²) in [5.41, 5.74) is 1.73. The highest BCUT2D eigenvalue weighted by Gasteiger charge is 2.11. The Morgan fingerprint density at radius 3 is 2.65 bits per heavy atom. The highest BCUT2D eigenvalue weighted by atomic mass is 19.3. The highest BCUT2D eigenvalue weighted by Crippen LogP contribution is 2.28. The predicted octanol–water partition coefficient (Wildman–Crippen LogP) is 4.50. The van der Waals surface area contributed by atoms with E-state index in [2.05, 4.69) is 23.9 Å². The third-order valence-electron chi connectivity index (χ3n) is 4.03.